The molecule has 17 heavy (non-hydrogen) atoms. The molecular weight excluding hydrogens is 236 g/mol. The van der Waals surface area contributed by atoms with Crippen molar-refractivity contribution in [3.8, 4) is 0 Å². The van der Waals surface area contributed by atoms with E-state index in [-0.39, 0.29) is 5.78 Å². The second kappa shape index (κ2) is 5.15. The number of halogens is 1. The Balaban J connectivity index is 2.14. The highest BCUT2D eigenvalue weighted by Crippen LogP contribution is 2.17. The van der Waals surface area contributed by atoms with Gasteiger partial charge >= 0.3 is 0 Å². The predicted molar refractivity (Wildman–Crippen MR) is 67.4 cm³/mol. The maximum atomic E-state index is 12.0. The van der Waals surface area contributed by atoms with E-state index in [1.54, 1.807) is 23.0 Å². The number of ketones is 1. The van der Waals surface area contributed by atoms with E-state index in [1.807, 2.05) is 25.3 Å². The molecule has 0 saturated carbocycles. The summed E-state index contributed by atoms with van der Waals surface area (Å²) >= 11 is 5.98. The van der Waals surface area contributed by atoms with Gasteiger partial charge in [0.05, 0.1) is 11.2 Å². The van der Waals surface area contributed by atoms with Crippen LogP contribution < -0.4 is 0 Å². The first-order valence-corrected chi connectivity index (χ1v) is 5.87. The molecule has 0 saturated heterocycles. The molecule has 2 aromatic rings. The lowest BCUT2D eigenvalue weighted by Crippen LogP contribution is -2.03. The van der Waals surface area contributed by atoms with Crippen molar-refractivity contribution in [2.45, 2.75) is 19.9 Å². The van der Waals surface area contributed by atoms with Gasteiger partial charge in [0, 0.05) is 24.7 Å². The average molecular weight is 249 g/mol. The second-order valence-electron chi connectivity index (χ2n) is 3.78. The Morgan fingerprint density at radius 2 is 2.18 bits per heavy atom. The molecule has 0 fully saturated rings. The van der Waals surface area contributed by atoms with Crippen LogP contribution in [0.15, 0.2) is 36.7 Å². The number of hydrogen-bond acceptors (Lipinski definition) is 2. The Labute approximate surface area is 105 Å². The van der Waals surface area contributed by atoms with Crippen molar-refractivity contribution in [1.29, 1.82) is 0 Å². The zero-order chi connectivity index (χ0) is 12.3. The third kappa shape index (κ3) is 2.74. The van der Waals surface area contributed by atoms with Crippen LogP contribution in [-0.2, 0) is 13.0 Å². The first kappa shape index (κ1) is 11.9. The summed E-state index contributed by atoms with van der Waals surface area (Å²) in [5.41, 5.74) is 1.48. The van der Waals surface area contributed by atoms with Gasteiger partial charge in [0.1, 0.15) is 0 Å². The molecule has 0 unspecified atom stereocenters. The molecule has 0 aliphatic rings. The van der Waals surface area contributed by atoms with E-state index >= 15 is 0 Å². The number of benzene rings is 1. The summed E-state index contributed by atoms with van der Waals surface area (Å²) in [6.07, 6.45) is 3.94. The molecule has 4 heteroatoms. The molecule has 0 atom stereocenters. The van der Waals surface area contributed by atoms with Gasteiger partial charge in [0.25, 0.3) is 0 Å². The minimum atomic E-state index is 0.0197. The number of Topliss-reactive ketones (excluding diaryl/α,β-unsaturated/α-hetero) is 1. The first-order chi connectivity index (χ1) is 8.20. The van der Waals surface area contributed by atoms with Crippen LogP contribution >= 0.6 is 11.6 Å². The van der Waals surface area contributed by atoms with Crippen LogP contribution in [0.1, 0.15) is 22.8 Å². The molecule has 0 spiro atoms. The molecule has 88 valence electrons. The molecule has 1 heterocycles. The van der Waals surface area contributed by atoms with E-state index in [1.165, 1.54) is 0 Å². The van der Waals surface area contributed by atoms with E-state index in [0.717, 1.165) is 12.1 Å². The highest BCUT2D eigenvalue weighted by Gasteiger charge is 2.11. The molecule has 0 aliphatic carbocycles. The Bertz CT molecular complexity index is 534. The van der Waals surface area contributed by atoms with Gasteiger partial charge < -0.3 is 0 Å². The van der Waals surface area contributed by atoms with Crippen molar-refractivity contribution in [3.05, 3.63) is 52.8 Å². The number of nitrogens with zero attached hydrogens (tertiary/aromatic N) is 2. The van der Waals surface area contributed by atoms with E-state index in [9.17, 15) is 4.79 Å². The van der Waals surface area contributed by atoms with Gasteiger partial charge in [0.15, 0.2) is 5.78 Å². The molecule has 0 N–H and O–H groups in total. The highest BCUT2D eigenvalue weighted by molar-refractivity contribution is 6.34. The predicted octanol–water partition coefficient (Wildman–Crippen LogP) is 2.98. The van der Waals surface area contributed by atoms with Crippen molar-refractivity contribution in [3.63, 3.8) is 0 Å². The fourth-order valence-corrected chi connectivity index (χ4v) is 1.88. The van der Waals surface area contributed by atoms with E-state index in [2.05, 4.69) is 5.10 Å². The van der Waals surface area contributed by atoms with Gasteiger partial charge in [-0.05, 0) is 24.6 Å². The third-order valence-electron chi connectivity index (χ3n) is 2.55. The van der Waals surface area contributed by atoms with Gasteiger partial charge in [-0.2, -0.15) is 5.10 Å². The standard InChI is InChI=1S/C13H13ClN2O/c1-2-16-9-10(8-15-16)7-13(17)11-5-3-4-6-12(11)14/h3-6,8-9H,2,7H2,1H3. The topological polar surface area (TPSA) is 34.9 Å². The van der Waals surface area contributed by atoms with Gasteiger partial charge in [-0.3, -0.25) is 9.48 Å². The average Bonchev–Trinajstić information content (AvgIpc) is 2.77. The summed E-state index contributed by atoms with van der Waals surface area (Å²) in [6.45, 7) is 2.81. The maximum Gasteiger partial charge on any atom is 0.168 e. The van der Waals surface area contributed by atoms with Crippen LogP contribution in [0.3, 0.4) is 0 Å². The van der Waals surface area contributed by atoms with Crippen molar-refractivity contribution in [1.82, 2.24) is 9.78 Å². The fraction of sp³-hybridized carbons (Fsp3) is 0.231. The molecule has 1 aromatic carbocycles. The number of hydrogen-bond donors (Lipinski definition) is 0. The molecule has 1 aromatic heterocycles. The van der Waals surface area contributed by atoms with E-state index in [0.29, 0.717) is 17.0 Å². The van der Waals surface area contributed by atoms with Crippen LogP contribution in [0.2, 0.25) is 5.02 Å². The zero-order valence-corrected chi connectivity index (χ0v) is 10.3. The van der Waals surface area contributed by atoms with Gasteiger partial charge in [-0.15, -0.1) is 0 Å². The summed E-state index contributed by atoms with van der Waals surface area (Å²) in [6, 6.07) is 7.10. The molecular formula is C13H13ClN2O. The molecule has 0 bridgehead atoms. The number of rotatable bonds is 4. The normalized spacial score (nSPS) is 10.5. The third-order valence-corrected chi connectivity index (χ3v) is 2.88. The monoisotopic (exact) mass is 248 g/mol. The summed E-state index contributed by atoms with van der Waals surface area (Å²) in [7, 11) is 0. The van der Waals surface area contributed by atoms with Gasteiger partial charge in [-0.25, -0.2) is 0 Å². The Kier molecular flexibility index (Phi) is 3.59. The lowest BCUT2D eigenvalue weighted by atomic mass is 10.1. The quantitative estimate of drug-likeness (QED) is 0.780. The van der Waals surface area contributed by atoms with Crippen molar-refractivity contribution < 1.29 is 4.79 Å². The fourth-order valence-electron chi connectivity index (χ4n) is 1.64. The second-order valence-corrected chi connectivity index (χ2v) is 4.19. The van der Waals surface area contributed by atoms with Crippen LogP contribution in [0.4, 0.5) is 0 Å². The Morgan fingerprint density at radius 1 is 1.41 bits per heavy atom. The molecule has 0 radical (unpaired) electrons. The number of carbonyl (C=O) groups excluding carboxylic acids is 1. The Hall–Kier alpha value is -1.61. The summed E-state index contributed by atoms with van der Waals surface area (Å²) in [5, 5.41) is 4.64. The summed E-state index contributed by atoms with van der Waals surface area (Å²) in [5.74, 6) is 0.0197. The number of aromatic nitrogens is 2. The van der Waals surface area contributed by atoms with Crippen LogP contribution in [0.25, 0.3) is 0 Å². The van der Waals surface area contributed by atoms with Gasteiger partial charge in [0.2, 0.25) is 0 Å². The summed E-state index contributed by atoms with van der Waals surface area (Å²) < 4.78 is 1.80. The van der Waals surface area contributed by atoms with Crippen LogP contribution in [-0.4, -0.2) is 15.6 Å². The van der Waals surface area contributed by atoms with Crippen molar-refractivity contribution in [2.24, 2.45) is 0 Å². The smallest absolute Gasteiger partial charge is 0.168 e. The molecule has 0 aliphatic heterocycles. The largest absolute Gasteiger partial charge is 0.294 e. The Morgan fingerprint density at radius 3 is 2.82 bits per heavy atom. The molecule has 3 nitrogen and oxygen atoms in total. The van der Waals surface area contributed by atoms with Gasteiger partial charge in [-0.1, -0.05) is 23.7 Å². The minimum Gasteiger partial charge on any atom is -0.294 e. The van der Waals surface area contributed by atoms with Crippen molar-refractivity contribution >= 4 is 17.4 Å². The lowest BCUT2D eigenvalue weighted by molar-refractivity contribution is 0.0993. The van der Waals surface area contributed by atoms with Crippen molar-refractivity contribution in [2.75, 3.05) is 0 Å². The first-order valence-electron chi connectivity index (χ1n) is 5.49. The SMILES string of the molecule is CCn1cc(CC(=O)c2ccccc2Cl)cn1. The lowest BCUT2D eigenvalue weighted by Gasteiger charge is -2.01. The number of carbonyl (C=O) groups is 1. The van der Waals surface area contributed by atoms with E-state index < -0.39 is 0 Å². The maximum absolute atomic E-state index is 12.0. The van der Waals surface area contributed by atoms with E-state index in [4.69, 9.17) is 11.6 Å². The van der Waals surface area contributed by atoms with Crippen LogP contribution in [0, 0.1) is 0 Å². The minimum absolute atomic E-state index is 0.0197. The molecule has 2 rings (SSSR count). The number of aryl methyl sites for hydroxylation is 1. The zero-order valence-electron chi connectivity index (χ0n) is 9.56. The molecule has 0 amide bonds. The highest BCUT2D eigenvalue weighted by atomic mass is 35.5. The van der Waals surface area contributed by atoms with Crippen LogP contribution in [0.5, 0.6) is 0 Å². The summed E-state index contributed by atoms with van der Waals surface area (Å²) in [4.78, 5) is 12.0.